The molecule has 2 aliphatic rings. The zero-order valence-electron chi connectivity index (χ0n) is 17.2. The second kappa shape index (κ2) is 9.05. The summed E-state index contributed by atoms with van der Waals surface area (Å²) in [5.41, 5.74) is 13.8. The van der Waals surface area contributed by atoms with Crippen LogP contribution in [0.15, 0.2) is 56.9 Å². The molecule has 0 radical (unpaired) electrons. The minimum atomic E-state index is -0.0737. The number of carbonyl (C=O) groups is 1. The van der Waals surface area contributed by atoms with Gasteiger partial charge in [0.2, 0.25) is 0 Å². The van der Waals surface area contributed by atoms with Crippen molar-refractivity contribution in [1.29, 1.82) is 0 Å². The van der Waals surface area contributed by atoms with Crippen molar-refractivity contribution < 1.29 is 4.79 Å². The molecule has 1 amide bonds. The van der Waals surface area contributed by atoms with Crippen molar-refractivity contribution in [2.24, 2.45) is 11.0 Å². The predicted octanol–water partition coefficient (Wildman–Crippen LogP) is 4.68. The van der Waals surface area contributed by atoms with Gasteiger partial charge in [-0.1, -0.05) is 23.9 Å². The molecule has 1 aliphatic carbocycles. The van der Waals surface area contributed by atoms with Gasteiger partial charge in [0.15, 0.2) is 5.16 Å². The summed E-state index contributed by atoms with van der Waals surface area (Å²) in [6, 6.07) is 9.73. The summed E-state index contributed by atoms with van der Waals surface area (Å²) < 4.78 is 0. The van der Waals surface area contributed by atoms with Crippen LogP contribution < -0.4 is 11.5 Å². The quantitative estimate of drug-likeness (QED) is 0.404. The Morgan fingerprint density at radius 2 is 1.97 bits per heavy atom. The van der Waals surface area contributed by atoms with E-state index < -0.39 is 0 Å². The number of nitrogens with two attached hydrogens (primary N) is 2. The first-order valence-electron chi connectivity index (χ1n) is 10.3. The number of thiophene rings is 2. The lowest BCUT2D eigenvalue weighted by Gasteiger charge is -2.28. The number of nitrogens with zero attached hydrogens (tertiary/aromatic N) is 4. The van der Waals surface area contributed by atoms with E-state index in [2.05, 4.69) is 45.0 Å². The first-order chi connectivity index (χ1) is 15.6. The zero-order valence-corrected chi connectivity index (χ0v) is 19.6. The number of hydrogen-bond acceptors (Lipinski definition) is 9. The smallest absolute Gasteiger partial charge is 0.253 e. The molecule has 3 aromatic heterocycles. The molecule has 10 heteroatoms. The van der Waals surface area contributed by atoms with Gasteiger partial charge in [-0.2, -0.15) is 5.10 Å². The maximum absolute atomic E-state index is 13.3. The van der Waals surface area contributed by atoms with Crippen LogP contribution in [-0.2, 0) is 4.79 Å². The second-order valence-corrected chi connectivity index (χ2v) is 10.6. The number of nitrogen functional groups attached to an aromatic ring is 2. The van der Waals surface area contributed by atoms with Crippen molar-refractivity contribution in [2.75, 3.05) is 17.2 Å². The van der Waals surface area contributed by atoms with Crippen LogP contribution in [0.25, 0.3) is 6.08 Å². The summed E-state index contributed by atoms with van der Waals surface area (Å²) in [6.07, 6.45) is 5.33. The van der Waals surface area contributed by atoms with Crippen LogP contribution in [0.1, 0.15) is 35.1 Å². The van der Waals surface area contributed by atoms with Gasteiger partial charge in [-0.25, -0.2) is 15.0 Å². The molecule has 1 saturated carbocycles. The van der Waals surface area contributed by atoms with E-state index in [0.29, 0.717) is 16.8 Å². The molecule has 164 valence electrons. The van der Waals surface area contributed by atoms with E-state index in [1.165, 1.54) is 28.3 Å². The number of anilines is 2. The summed E-state index contributed by atoms with van der Waals surface area (Å²) >= 11 is 4.62. The molecular weight excluding hydrogens is 460 g/mol. The molecular formula is C22H22N6OS3. The van der Waals surface area contributed by atoms with Crippen molar-refractivity contribution in [3.05, 3.63) is 56.4 Å². The topological polar surface area (TPSA) is 110 Å². The standard InChI is InChI=1S/C22H22N6OS3/c23-17-11-18(24)26-22(25-17)32-12-19(29)28-21(16-7-3-9-31-16)15-6-1-4-13(20(15)27-28)10-14-5-2-8-30-14/h2-3,5,7-11,15,21H,1,4,6,12H2,(H4,23,24,25,26)/b13-10-/t15-,21-/m1/s1. The molecule has 1 fully saturated rings. The molecule has 0 saturated heterocycles. The molecule has 2 atom stereocenters. The van der Waals surface area contributed by atoms with Crippen LogP contribution in [0.3, 0.4) is 0 Å². The van der Waals surface area contributed by atoms with E-state index in [-0.39, 0.29) is 23.6 Å². The second-order valence-electron chi connectivity index (χ2n) is 7.66. The summed E-state index contributed by atoms with van der Waals surface area (Å²) in [5.74, 6) is 0.884. The molecule has 0 spiro atoms. The Balaban J connectivity index is 1.43. The van der Waals surface area contributed by atoms with E-state index in [1.54, 1.807) is 27.7 Å². The van der Waals surface area contributed by atoms with Gasteiger partial charge in [0, 0.05) is 21.7 Å². The molecule has 4 N–H and O–H groups in total. The lowest BCUT2D eigenvalue weighted by atomic mass is 9.79. The van der Waals surface area contributed by atoms with Crippen LogP contribution in [0, 0.1) is 5.92 Å². The van der Waals surface area contributed by atoms with Gasteiger partial charge in [-0.15, -0.1) is 22.7 Å². The van der Waals surface area contributed by atoms with E-state index in [4.69, 9.17) is 16.6 Å². The average molecular weight is 483 g/mol. The van der Waals surface area contributed by atoms with Crippen LogP contribution in [0.2, 0.25) is 0 Å². The molecule has 32 heavy (non-hydrogen) atoms. The lowest BCUT2D eigenvalue weighted by molar-refractivity contribution is -0.130. The SMILES string of the molecule is Nc1cc(N)nc(SCC(=O)N2N=C3/C(=C\c4cccs4)CCC[C@H]3[C@@H]2c2cccs2)n1. The largest absolute Gasteiger partial charge is 0.383 e. The van der Waals surface area contributed by atoms with Crippen molar-refractivity contribution >= 4 is 63.8 Å². The van der Waals surface area contributed by atoms with E-state index >= 15 is 0 Å². The van der Waals surface area contributed by atoms with Gasteiger partial charge in [0.05, 0.1) is 17.5 Å². The third kappa shape index (κ3) is 4.30. The molecule has 1 aliphatic heterocycles. The highest BCUT2D eigenvalue weighted by molar-refractivity contribution is 7.99. The number of carbonyl (C=O) groups excluding carboxylic acids is 1. The molecule has 7 nitrogen and oxygen atoms in total. The van der Waals surface area contributed by atoms with Crippen LogP contribution in [-0.4, -0.2) is 32.3 Å². The number of amides is 1. The lowest BCUT2D eigenvalue weighted by Crippen LogP contribution is -2.32. The molecule has 0 unspecified atom stereocenters. The number of hydrogen-bond donors (Lipinski definition) is 2. The fourth-order valence-electron chi connectivity index (χ4n) is 4.21. The van der Waals surface area contributed by atoms with Crippen LogP contribution >= 0.6 is 34.4 Å². The van der Waals surface area contributed by atoms with Crippen molar-refractivity contribution in [2.45, 2.75) is 30.5 Å². The third-order valence-corrected chi connectivity index (χ3v) is 8.12. The molecule has 0 aromatic carbocycles. The van der Waals surface area contributed by atoms with Crippen molar-refractivity contribution in [1.82, 2.24) is 15.0 Å². The first-order valence-corrected chi connectivity index (χ1v) is 13.0. The Morgan fingerprint density at radius 3 is 2.69 bits per heavy atom. The van der Waals surface area contributed by atoms with E-state index in [1.807, 2.05) is 6.07 Å². The fourth-order valence-corrected chi connectivity index (χ4v) is 6.49. The van der Waals surface area contributed by atoms with Gasteiger partial charge in [-0.3, -0.25) is 4.79 Å². The normalized spacial score (nSPS) is 21.6. The third-order valence-electron chi connectivity index (χ3n) is 5.52. The molecule has 5 rings (SSSR count). The molecule has 3 aromatic rings. The highest BCUT2D eigenvalue weighted by Crippen LogP contribution is 2.45. The Morgan fingerprint density at radius 1 is 1.19 bits per heavy atom. The maximum atomic E-state index is 13.3. The van der Waals surface area contributed by atoms with Crippen molar-refractivity contribution in [3.8, 4) is 0 Å². The van der Waals surface area contributed by atoms with Gasteiger partial charge in [-0.05, 0) is 53.8 Å². The summed E-state index contributed by atoms with van der Waals surface area (Å²) in [6.45, 7) is 0. The Kier molecular flexibility index (Phi) is 5.99. The zero-order chi connectivity index (χ0) is 22.1. The highest BCUT2D eigenvalue weighted by atomic mass is 32.2. The fraction of sp³-hybridized carbons (Fsp3) is 0.273. The number of thioether (sulfide) groups is 1. The summed E-state index contributed by atoms with van der Waals surface area (Å²) in [7, 11) is 0. The predicted molar refractivity (Wildman–Crippen MR) is 133 cm³/mol. The number of allylic oxidation sites excluding steroid dienone is 1. The Hall–Kier alpha value is -2.69. The van der Waals surface area contributed by atoms with Gasteiger partial charge in [0.25, 0.3) is 5.91 Å². The summed E-state index contributed by atoms with van der Waals surface area (Å²) in [5, 5.41) is 11.1. The molecule has 4 heterocycles. The number of fused-ring (bicyclic) bond motifs is 1. The highest BCUT2D eigenvalue weighted by Gasteiger charge is 2.44. The van der Waals surface area contributed by atoms with Gasteiger partial charge >= 0.3 is 0 Å². The van der Waals surface area contributed by atoms with Gasteiger partial charge in [0.1, 0.15) is 11.6 Å². The Bertz CT molecular complexity index is 1150. The minimum absolute atomic E-state index is 0.0723. The minimum Gasteiger partial charge on any atom is -0.383 e. The first kappa shape index (κ1) is 21.2. The number of rotatable bonds is 5. The van der Waals surface area contributed by atoms with Crippen LogP contribution in [0.5, 0.6) is 0 Å². The summed E-state index contributed by atoms with van der Waals surface area (Å²) in [4.78, 5) is 24.0. The molecule has 0 bridgehead atoms. The average Bonchev–Trinajstić information content (AvgIpc) is 3.52. The van der Waals surface area contributed by atoms with Crippen molar-refractivity contribution in [3.63, 3.8) is 0 Å². The number of hydrazone groups is 1. The van der Waals surface area contributed by atoms with E-state index in [0.717, 1.165) is 29.9 Å². The Labute approximate surface area is 198 Å². The number of aromatic nitrogens is 2. The monoisotopic (exact) mass is 482 g/mol. The van der Waals surface area contributed by atoms with E-state index in [9.17, 15) is 4.79 Å². The van der Waals surface area contributed by atoms with Gasteiger partial charge < -0.3 is 11.5 Å². The van der Waals surface area contributed by atoms with Crippen LogP contribution in [0.4, 0.5) is 11.6 Å². The maximum Gasteiger partial charge on any atom is 0.253 e.